The highest BCUT2D eigenvalue weighted by molar-refractivity contribution is 7.92. The highest BCUT2D eigenvalue weighted by Crippen LogP contribution is 2.22. The Labute approximate surface area is 63.4 Å². The molecule has 0 aliphatic heterocycles. The normalized spacial score (nSPS) is 11.7. The average Bonchev–Trinajstić information content (AvgIpc) is 2.11. The monoisotopic (exact) mass is 177 g/mol. The molecule has 0 aliphatic carbocycles. The Kier molecular flexibility index (Phi) is 1.70. The lowest BCUT2D eigenvalue weighted by molar-refractivity contribution is 0.604. The standard InChI is InChI=1S/C5H7NO2S2/c1-10(7,8)5-3-2-4(6)9-5/h2-3H,6H2,1H3. The van der Waals surface area contributed by atoms with Crippen LogP contribution in [0, 0.1) is 0 Å². The summed E-state index contributed by atoms with van der Waals surface area (Å²) < 4.78 is 21.9. The summed E-state index contributed by atoms with van der Waals surface area (Å²) in [7, 11) is -3.04. The summed E-state index contributed by atoms with van der Waals surface area (Å²) in [5.74, 6) is 0. The van der Waals surface area contributed by atoms with Crippen LogP contribution in [0.5, 0.6) is 0 Å². The van der Waals surface area contributed by atoms with Gasteiger partial charge in [0, 0.05) is 6.26 Å². The summed E-state index contributed by atoms with van der Waals surface area (Å²) in [5.41, 5.74) is 5.33. The highest BCUT2D eigenvalue weighted by atomic mass is 32.2. The van der Waals surface area contributed by atoms with E-state index in [9.17, 15) is 8.42 Å². The first-order valence-electron chi connectivity index (χ1n) is 2.55. The molecule has 1 aromatic heterocycles. The van der Waals surface area contributed by atoms with Gasteiger partial charge in [0.05, 0.1) is 5.00 Å². The van der Waals surface area contributed by atoms with Crippen molar-refractivity contribution in [2.24, 2.45) is 0 Å². The molecule has 0 bridgehead atoms. The minimum Gasteiger partial charge on any atom is -0.391 e. The van der Waals surface area contributed by atoms with Gasteiger partial charge in [-0.15, -0.1) is 11.3 Å². The molecule has 0 saturated carbocycles. The summed E-state index contributed by atoms with van der Waals surface area (Å²) in [4.78, 5) is 0. The van der Waals surface area contributed by atoms with Crippen molar-refractivity contribution in [3.05, 3.63) is 12.1 Å². The van der Waals surface area contributed by atoms with Crippen LogP contribution in [-0.2, 0) is 9.84 Å². The molecule has 5 heteroatoms. The number of thiophene rings is 1. The molecule has 0 aromatic carbocycles. The molecule has 0 unspecified atom stereocenters. The van der Waals surface area contributed by atoms with Gasteiger partial charge >= 0.3 is 0 Å². The number of sulfone groups is 1. The lowest BCUT2D eigenvalue weighted by Crippen LogP contribution is -1.91. The zero-order valence-electron chi connectivity index (χ0n) is 5.37. The molecule has 3 nitrogen and oxygen atoms in total. The summed E-state index contributed by atoms with van der Waals surface area (Å²) in [6.45, 7) is 0. The molecule has 56 valence electrons. The van der Waals surface area contributed by atoms with Crippen molar-refractivity contribution >= 4 is 26.2 Å². The van der Waals surface area contributed by atoms with Gasteiger partial charge in [-0.05, 0) is 12.1 Å². The van der Waals surface area contributed by atoms with Crippen molar-refractivity contribution in [3.63, 3.8) is 0 Å². The molecule has 0 fully saturated rings. The Morgan fingerprint density at radius 2 is 2.10 bits per heavy atom. The molecule has 10 heavy (non-hydrogen) atoms. The second kappa shape index (κ2) is 2.25. The van der Waals surface area contributed by atoms with Crippen LogP contribution in [0.3, 0.4) is 0 Å². The Bertz CT molecular complexity index is 325. The van der Waals surface area contributed by atoms with Crippen LogP contribution < -0.4 is 5.73 Å². The summed E-state index contributed by atoms with van der Waals surface area (Å²) in [6.07, 6.45) is 1.16. The fourth-order valence-corrected chi connectivity index (χ4v) is 2.25. The van der Waals surface area contributed by atoms with Gasteiger partial charge in [-0.2, -0.15) is 0 Å². The SMILES string of the molecule is CS(=O)(=O)c1ccc(N)s1. The third-order valence-electron chi connectivity index (χ3n) is 0.968. The average molecular weight is 177 g/mol. The number of anilines is 1. The maximum Gasteiger partial charge on any atom is 0.184 e. The fraction of sp³-hybridized carbons (Fsp3) is 0.200. The van der Waals surface area contributed by atoms with Gasteiger partial charge in [-0.25, -0.2) is 8.42 Å². The summed E-state index contributed by atoms with van der Waals surface area (Å²) in [6, 6.07) is 3.09. The van der Waals surface area contributed by atoms with Crippen LogP contribution in [0.4, 0.5) is 5.00 Å². The molecule has 2 N–H and O–H groups in total. The Morgan fingerprint density at radius 1 is 1.50 bits per heavy atom. The molecular formula is C5H7NO2S2. The van der Waals surface area contributed by atoms with E-state index in [0.29, 0.717) is 9.21 Å². The molecule has 1 aromatic rings. The van der Waals surface area contributed by atoms with E-state index in [1.54, 1.807) is 6.07 Å². The number of rotatable bonds is 1. The van der Waals surface area contributed by atoms with Gasteiger partial charge in [-0.1, -0.05) is 0 Å². The van der Waals surface area contributed by atoms with E-state index >= 15 is 0 Å². The molecule has 0 radical (unpaired) electrons. The molecular weight excluding hydrogens is 170 g/mol. The van der Waals surface area contributed by atoms with Crippen molar-refractivity contribution in [3.8, 4) is 0 Å². The molecule has 1 heterocycles. The third-order valence-corrected chi connectivity index (χ3v) is 3.70. The first-order valence-corrected chi connectivity index (χ1v) is 5.26. The Morgan fingerprint density at radius 3 is 2.30 bits per heavy atom. The van der Waals surface area contributed by atoms with Crippen molar-refractivity contribution in [1.29, 1.82) is 0 Å². The van der Waals surface area contributed by atoms with E-state index in [2.05, 4.69) is 0 Å². The first-order chi connectivity index (χ1) is 4.50. The summed E-state index contributed by atoms with van der Waals surface area (Å²) >= 11 is 1.08. The lowest BCUT2D eigenvalue weighted by Gasteiger charge is -1.87. The van der Waals surface area contributed by atoms with E-state index in [1.807, 2.05) is 0 Å². The van der Waals surface area contributed by atoms with E-state index in [0.717, 1.165) is 17.6 Å². The maximum atomic E-state index is 10.8. The zero-order valence-corrected chi connectivity index (χ0v) is 7.00. The van der Waals surface area contributed by atoms with Crippen LogP contribution in [0.1, 0.15) is 0 Å². The molecule has 0 amide bonds. The smallest absolute Gasteiger partial charge is 0.184 e. The number of nitrogen functional groups attached to an aromatic ring is 1. The van der Waals surface area contributed by atoms with E-state index in [-0.39, 0.29) is 0 Å². The quantitative estimate of drug-likeness (QED) is 0.688. The van der Waals surface area contributed by atoms with Crippen LogP contribution in [-0.4, -0.2) is 14.7 Å². The van der Waals surface area contributed by atoms with Crippen molar-refractivity contribution in [1.82, 2.24) is 0 Å². The van der Waals surface area contributed by atoms with Gasteiger partial charge in [0.15, 0.2) is 9.84 Å². The first kappa shape index (κ1) is 7.56. The summed E-state index contributed by atoms with van der Waals surface area (Å²) in [5, 5.41) is 0.528. The van der Waals surface area contributed by atoms with E-state index < -0.39 is 9.84 Å². The highest BCUT2D eigenvalue weighted by Gasteiger charge is 2.08. The van der Waals surface area contributed by atoms with Gasteiger partial charge in [0.1, 0.15) is 4.21 Å². The van der Waals surface area contributed by atoms with Gasteiger partial charge in [0.25, 0.3) is 0 Å². The van der Waals surface area contributed by atoms with E-state index in [1.165, 1.54) is 6.07 Å². The maximum absolute atomic E-state index is 10.8. The van der Waals surface area contributed by atoms with Crippen LogP contribution >= 0.6 is 11.3 Å². The van der Waals surface area contributed by atoms with Gasteiger partial charge in [-0.3, -0.25) is 0 Å². The van der Waals surface area contributed by atoms with Crippen molar-refractivity contribution in [2.45, 2.75) is 4.21 Å². The van der Waals surface area contributed by atoms with Crippen molar-refractivity contribution < 1.29 is 8.42 Å². The molecule has 0 atom stereocenters. The van der Waals surface area contributed by atoms with Gasteiger partial charge < -0.3 is 5.73 Å². The van der Waals surface area contributed by atoms with Crippen LogP contribution in [0.25, 0.3) is 0 Å². The van der Waals surface area contributed by atoms with E-state index in [4.69, 9.17) is 5.73 Å². The molecule has 0 aliphatic rings. The largest absolute Gasteiger partial charge is 0.391 e. The fourth-order valence-electron chi connectivity index (χ4n) is 0.534. The topological polar surface area (TPSA) is 60.2 Å². The lowest BCUT2D eigenvalue weighted by atomic mass is 10.6. The number of hydrogen-bond donors (Lipinski definition) is 1. The number of hydrogen-bond acceptors (Lipinski definition) is 4. The second-order valence-corrected chi connectivity index (χ2v) is 5.29. The molecule has 0 spiro atoms. The Hall–Kier alpha value is -0.550. The van der Waals surface area contributed by atoms with Crippen LogP contribution in [0.2, 0.25) is 0 Å². The predicted octanol–water partition coefficient (Wildman–Crippen LogP) is 0.734. The van der Waals surface area contributed by atoms with Crippen LogP contribution in [0.15, 0.2) is 16.3 Å². The second-order valence-electron chi connectivity index (χ2n) is 1.93. The zero-order chi connectivity index (χ0) is 7.78. The number of nitrogens with two attached hydrogens (primary N) is 1. The molecule has 0 saturated heterocycles. The Balaban J connectivity index is 3.21. The van der Waals surface area contributed by atoms with Crippen molar-refractivity contribution in [2.75, 3.05) is 12.0 Å². The third kappa shape index (κ3) is 1.48. The van der Waals surface area contributed by atoms with Gasteiger partial charge in [0.2, 0.25) is 0 Å². The minimum atomic E-state index is -3.04. The molecule has 1 rings (SSSR count). The predicted molar refractivity (Wildman–Crippen MR) is 41.8 cm³/mol. The minimum absolute atomic E-state index is 0.324.